The van der Waals surface area contributed by atoms with Gasteiger partial charge in [0.1, 0.15) is 0 Å². The molecule has 0 aromatic carbocycles. The van der Waals surface area contributed by atoms with Crippen LogP contribution in [0.3, 0.4) is 0 Å². The summed E-state index contributed by atoms with van der Waals surface area (Å²) in [5.41, 5.74) is 14.1. The molecule has 43 heavy (non-hydrogen) atoms. The zero-order valence-corrected chi connectivity index (χ0v) is 25.3. The minimum atomic E-state index is -0.881. The SMILES string of the molecule is C=CC1=C(C)c2cc3c(C)c(CCC(=O)O)c(cc4nc(cc5[nH]c(cc1n2)c(C)c5C=C)C(C)=C4CCC(=O)O)n3C. The highest BCUT2D eigenvalue weighted by molar-refractivity contribution is 5.98. The van der Waals surface area contributed by atoms with E-state index in [0.29, 0.717) is 18.5 Å². The highest BCUT2D eigenvalue weighted by atomic mass is 16.4. The van der Waals surface area contributed by atoms with Gasteiger partial charge in [0, 0.05) is 53.1 Å². The lowest BCUT2D eigenvalue weighted by Crippen LogP contribution is -1.98. The monoisotopic (exact) mass is 576 g/mol. The number of hydrogen-bond acceptors (Lipinski definition) is 4. The average molecular weight is 577 g/mol. The molecular formula is C35H36N4O4. The van der Waals surface area contributed by atoms with Crippen LogP contribution in [0.2, 0.25) is 0 Å². The first kappa shape index (κ1) is 29.5. The van der Waals surface area contributed by atoms with Crippen LogP contribution in [0.1, 0.15) is 78.1 Å². The molecule has 220 valence electrons. The Morgan fingerprint density at radius 3 is 2.05 bits per heavy atom. The maximum absolute atomic E-state index is 11.6. The fourth-order valence-corrected chi connectivity index (χ4v) is 6.12. The van der Waals surface area contributed by atoms with Gasteiger partial charge in [0.05, 0.1) is 22.8 Å². The molecule has 0 amide bonds. The third kappa shape index (κ3) is 5.25. The Bertz CT molecular complexity index is 1970. The average Bonchev–Trinajstić information content (AvgIpc) is 3.59. The number of rotatable bonds is 8. The van der Waals surface area contributed by atoms with Crippen molar-refractivity contribution >= 4 is 62.4 Å². The van der Waals surface area contributed by atoms with E-state index in [2.05, 4.69) is 18.1 Å². The van der Waals surface area contributed by atoms with Crippen LogP contribution in [0.15, 0.2) is 43.5 Å². The van der Waals surface area contributed by atoms with Crippen molar-refractivity contribution in [2.45, 2.75) is 53.4 Å². The molecule has 0 fully saturated rings. The second-order valence-electron chi connectivity index (χ2n) is 11.1. The van der Waals surface area contributed by atoms with E-state index in [1.807, 2.05) is 75.7 Å². The van der Waals surface area contributed by atoms with Gasteiger partial charge in [-0.05, 0) is 98.2 Å². The molecule has 3 aromatic heterocycles. The molecule has 0 unspecified atom stereocenters. The molecule has 3 N–H and O–H groups in total. The van der Waals surface area contributed by atoms with Gasteiger partial charge in [-0.3, -0.25) is 9.59 Å². The highest BCUT2D eigenvalue weighted by Crippen LogP contribution is 2.37. The van der Waals surface area contributed by atoms with Crippen molar-refractivity contribution in [3.63, 3.8) is 0 Å². The smallest absolute Gasteiger partial charge is 0.303 e. The van der Waals surface area contributed by atoms with Gasteiger partial charge in [-0.25, -0.2) is 9.97 Å². The Kier molecular flexibility index (Phi) is 7.80. The lowest BCUT2D eigenvalue weighted by atomic mass is 10.00. The number of nitrogens with zero attached hydrogens (tertiary/aromatic N) is 3. The van der Waals surface area contributed by atoms with E-state index in [9.17, 15) is 19.8 Å². The van der Waals surface area contributed by atoms with Gasteiger partial charge in [-0.1, -0.05) is 25.3 Å². The molecule has 0 atom stereocenters. The van der Waals surface area contributed by atoms with Gasteiger partial charge >= 0.3 is 11.9 Å². The molecule has 8 nitrogen and oxygen atoms in total. The van der Waals surface area contributed by atoms with Gasteiger partial charge in [0.25, 0.3) is 0 Å². The summed E-state index contributed by atoms with van der Waals surface area (Å²) in [6, 6.07) is 8.01. The van der Waals surface area contributed by atoms with Crippen LogP contribution in [-0.4, -0.2) is 41.7 Å². The summed E-state index contributed by atoms with van der Waals surface area (Å²) in [6.45, 7) is 16.1. The van der Waals surface area contributed by atoms with E-state index in [-0.39, 0.29) is 12.8 Å². The zero-order chi connectivity index (χ0) is 31.2. The van der Waals surface area contributed by atoms with Crippen LogP contribution in [0.25, 0.3) is 50.4 Å². The Morgan fingerprint density at radius 1 is 0.791 bits per heavy atom. The Morgan fingerprint density at radius 2 is 1.40 bits per heavy atom. The molecular weight excluding hydrogens is 540 g/mol. The van der Waals surface area contributed by atoms with Gasteiger partial charge < -0.3 is 19.8 Å². The number of hydrogen-bond donors (Lipinski definition) is 3. The van der Waals surface area contributed by atoms with Crippen molar-refractivity contribution in [2.24, 2.45) is 7.05 Å². The van der Waals surface area contributed by atoms with Gasteiger partial charge in [-0.2, -0.15) is 0 Å². The number of carbonyl (C=O) groups is 2. The van der Waals surface area contributed by atoms with Crippen molar-refractivity contribution in [3.05, 3.63) is 88.5 Å². The van der Waals surface area contributed by atoms with Crippen LogP contribution in [-0.2, 0) is 23.1 Å². The van der Waals surface area contributed by atoms with Crippen molar-refractivity contribution in [1.82, 2.24) is 19.5 Å². The first-order valence-corrected chi connectivity index (χ1v) is 14.3. The number of aryl methyl sites for hydroxylation is 4. The summed E-state index contributed by atoms with van der Waals surface area (Å²) in [5, 5.41) is 19.0. The van der Waals surface area contributed by atoms with Crippen molar-refractivity contribution in [1.29, 1.82) is 0 Å². The molecule has 0 spiro atoms. The van der Waals surface area contributed by atoms with E-state index >= 15 is 0 Å². The fraction of sp³-hybridized carbons (Fsp3) is 0.257. The summed E-state index contributed by atoms with van der Waals surface area (Å²) in [7, 11) is 1.96. The molecule has 5 heterocycles. The zero-order valence-electron chi connectivity index (χ0n) is 25.3. The van der Waals surface area contributed by atoms with E-state index < -0.39 is 11.9 Å². The predicted molar refractivity (Wildman–Crippen MR) is 173 cm³/mol. The second-order valence-corrected chi connectivity index (χ2v) is 11.1. The molecule has 2 aliphatic heterocycles. The summed E-state index contributed by atoms with van der Waals surface area (Å²) < 4.78 is 2.05. The van der Waals surface area contributed by atoms with Crippen LogP contribution in [0.4, 0.5) is 0 Å². The predicted octanol–water partition coefficient (Wildman–Crippen LogP) is 7.51. The van der Waals surface area contributed by atoms with Crippen molar-refractivity contribution in [2.75, 3.05) is 0 Å². The number of aromatic nitrogens is 4. The number of aromatic amines is 1. The maximum Gasteiger partial charge on any atom is 0.303 e. The first-order chi connectivity index (χ1) is 20.4. The standard InChI is InChI=1S/C35H36N4O4/c1-8-22-18(3)26-14-30-23(9-2)19(4)28(38-30)16-32-21(6)25(11-13-35(42)43)33(39(32)7)17-31-24(10-12-34(40)41)20(5)27(37-31)15-29(22)36-26/h8-9,14-17,36H,1-2,10-13H2,3-7H3,(H,40,41)(H,42,43). The summed E-state index contributed by atoms with van der Waals surface area (Å²) in [4.78, 5) is 36.8. The van der Waals surface area contributed by atoms with Crippen molar-refractivity contribution < 1.29 is 19.8 Å². The quantitative estimate of drug-likeness (QED) is 0.255. The Hall–Kier alpha value is -4.98. The lowest BCUT2D eigenvalue weighted by Gasteiger charge is -2.04. The number of H-pyrrole nitrogens is 1. The summed E-state index contributed by atoms with van der Waals surface area (Å²) in [6.07, 6.45) is 4.26. The van der Waals surface area contributed by atoms with Crippen LogP contribution >= 0.6 is 0 Å². The third-order valence-electron chi connectivity index (χ3n) is 8.62. The summed E-state index contributed by atoms with van der Waals surface area (Å²) in [5.74, 6) is -1.75. The molecule has 8 bridgehead atoms. The molecule has 0 aliphatic carbocycles. The number of carboxylic acid groups (broad SMARTS) is 2. The number of fused-ring (bicyclic) bond motifs is 8. The molecule has 8 heteroatoms. The molecule has 5 rings (SSSR count). The molecule has 3 aromatic rings. The summed E-state index contributed by atoms with van der Waals surface area (Å²) >= 11 is 0. The normalized spacial score (nSPS) is 13.0. The van der Waals surface area contributed by atoms with E-state index in [1.165, 1.54) is 0 Å². The third-order valence-corrected chi connectivity index (χ3v) is 8.62. The minimum absolute atomic E-state index is 0.0184. The van der Waals surface area contributed by atoms with E-state index in [4.69, 9.17) is 9.97 Å². The van der Waals surface area contributed by atoms with E-state index in [1.54, 1.807) is 0 Å². The van der Waals surface area contributed by atoms with Gasteiger partial charge in [0.2, 0.25) is 0 Å². The number of carboxylic acids is 2. The lowest BCUT2D eigenvalue weighted by molar-refractivity contribution is -0.137. The molecule has 0 saturated heterocycles. The Labute approximate surface area is 250 Å². The molecule has 0 saturated carbocycles. The number of allylic oxidation sites excluding steroid dienone is 5. The van der Waals surface area contributed by atoms with Crippen LogP contribution in [0, 0.1) is 13.8 Å². The van der Waals surface area contributed by atoms with Gasteiger partial charge in [0.15, 0.2) is 0 Å². The largest absolute Gasteiger partial charge is 0.481 e. The second kappa shape index (κ2) is 11.4. The fourth-order valence-electron chi connectivity index (χ4n) is 6.12. The highest BCUT2D eigenvalue weighted by Gasteiger charge is 2.21. The number of aliphatic carboxylic acids is 2. The first-order valence-electron chi connectivity index (χ1n) is 14.3. The topological polar surface area (TPSA) is 121 Å². The van der Waals surface area contributed by atoms with E-state index in [0.717, 1.165) is 83.7 Å². The van der Waals surface area contributed by atoms with Crippen molar-refractivity contribution in [3.8, 4) is 0 Å². The number of nitrogens with one attached hydrogen (secondary N) is 1. The van der Waals surface area contributed by atoms with Crippen LogP contribution in [0.5, 0.6) is 0 Å². The Balaban J connectivity index is 1.98. The van der Waals surface area contributed by atoms with Gasteiger partial charge in [-0.15, -0.1) is 0 Å². The molecule has 2 aliphatic rings. The minimum Gasteiger partial charge on any atom is -0.481 e. The van der Waals surface area contributed by atoms with Crippen LogP contribution < -0.4 is 0 Å². The molecule has 0 radical (unpaired) electrons. The maximum atomic E-state index is 11.6.